The van der Waals surface area contributed by atoms with Gasteiger partial charge in [0, 0.05) is 24.0 Å². The molecule has 8 heteroatoms. The third kappa shape index (κ3) is 4.90. The van der Waals surface area contributed by atoms with Gasteiger partial charge in [-0.05, 0) is 48.0 Å². The van der Waals surface area contributed by atoms with Crippen molar-refractivity contribution in [3.8, 4) is 17.2 Å². The maximum Gasteiger partial charge on any atom is 0.261 e. The van der Waals surface area contributed by atoms with Gasteiger partial charge in [-0.2, -0.15) is 0 Å². The van der Waals surface area contributed by atoms with E-state index in [2.05, 4.69) is 9.71 Å². The van der Waals surface area contributed by atoms with Crippen molar-refractivity contribution in [2.24, 2.45) is 0 Å². The Morgan fingerprint density at radius 2 is 1.47 bits per heavy atom. The summed E-state index contributed by atoms with van der Waals surface area (Å²) in [4.78, 5) is 4.10. The third-order valence-electron chi connectivity index (χ3n) is 4.33. The van der Waals surface area contributed by atoms with E-state index in [1.807, 2.05) is 18.2 Å². The highest BCUT2D eigenvalue weighted by atomic mass is 32.2. The van der Waals surface area contributed by atoms with Gasteiger partial charge in [0.2, 0.25) is 0 Å². The van der Waals surface area contributed by atoms with Gasteiger partial charge in [-0.1, -0.05) is 12.2 Å². The van der Waals surface area contributed by atoms with E-state index in [-0.39, 0.29) is 4.90 Å². The summed E-state index contributed by atoms with van der Waals surface area (Å²) in [5.74, 6) is 1.46. The maximum absolute atomic E-state index is 12.9. The fraction of sp³-hybridized carbons (Fsp3) is 0.136. The van der Waals surface area contributed by atoms with Crippen LogP contribution in [0.4, 0.5) is 5.69 Å². The number of nitrogens with one attached hydrogen (secondary N) is 1. The van der Waals surface area contributed by atoms with Crippen LogP contribution in [0.5, 0.6) is 17.2 Å². The second-order valence-corrected chi connectivity index (χ2v) is 7.87. The van der Waals surface area contributed by atoms with E-state index in [0.29, 0.717) is 28.5 Å². The molecule has 0 atom stereocenters. The minimum Gasteiger partial charge on any atom is -0.497 e. The Balaban J connectivity index is 2.01. The smallest absolute Gasteiger partial charge is 0.261 e. The summed E-state index contributed by atoms with van der Waals surface area (Å²) in [5, 5.41) is 0. The molecule has 0 saturated carbocycles. The minimum absolute atomic E-state index is 0.113. The summed E-state index contributed by atoms with van der Waals surface area (Å²) >= 11 is 0. The van der Waals surface area contributed by atoms with Crippen LogP contribution in [-0.2, 0) is 10.0 Å². The predicted molar refractivity (Wildman–Crippen MR) is 117 cm³/mol. The molecule has 0 aliphatic heterocycles. The van der Waals surface area contributed by atoms with Gasteiger partial charge in [0.05, 0.1) is 31.9 Å². The van der Waals surface area contributed by atoms with Crippen LogP contribution >= 0.6 is 0 Å². The molecule has 0 spiro atoms. The summed E-state index contributed by atoms with van der Waals surface area (Å²) in [6, 6.07) is 13.1. The lowest BCUT2D eigenvalue weighted by atomic mass is 10.1. The van der Waals surface area contributed by atoms with Crippen LogP contribution < -0.4 is 18.9 Å². The third-order valence-corrected chi connectivity index (χ3v) is 5.71. The highest BCUT2D eigenvalue weighted by molar-refractivity contribution is 7.92. The van der Waals surface area contributed by atoms with Crippen LogP contribution in [0.2, 0.25) is 0 Å². The zero-order chi connectivity index (χ0) is 21.6. The first-order valence-electron chi connectivity index (χ1n) is 8.98. The van der Waals surface area contributed by atoms with Gasteiger partial charge in [-0.3, -0.25) is 9.71 Å². The second kappa shape index (κ2) is 9.32. The molecular formula is C22H22N2O5S. The highest BCUT2D eigenvalue weighted by Crippen LogP contribution is 2.35. The second-order valence-electron chi connectivity index (χ2n) is 6.19. The number of hydrogen-bond donors (Lipinski definition) is 1. The Labute approximate surface area is 176 Å². The van der Waals surface area contributed by atoms with E-state index in [1.165, 1.54) is 33.5 Å². The first kappa shape index (κ1) is 21.2. The Morgan fingerprint density at radius 1 is 0.833 bits per heavy atom. The van der Waals surface area contributed by atoms with Gasteiger partial charge in [0.25, 0.3) is 10.0 Å². The Kier molecular flexibility index (Phi) is 6.58. The number of nitrogens with zero attached hydrogens (tertiary/aromatic N) is 1. The molecule has 3 rings (SSSR count). The van der Waals surface area contributed by atoms with E-state index in [0.717, 1.165) is 5.56 Å². The van der Waals surface area contributed by atoms with Crippen molar-refractivity contribution < 1.29 is 22.6 Å². The number of hydrogen-bond acceptors (Lipinski definition) is 6. The van der Waals surface area contributed by atoms with Gasteiger partial charge < -0.3 is 14.2 Å². The van der Waals surface area contributed by atoms with Crippen molar-refractivity contribution in [2.75, 3.05) is 26.1 Å². The van der Waals surface area contributed by atoms with E-state index < -0.39 is 10.0 Å². The fourth-order valence-electron chi connectivity index (χ4n) is 2.74. The summed E-state index contributed by atoms with van der Waals surface area (Å²) in [7, 11) is 0.702. The van der Waals surface area contributed by atoms with Gasteiger partial charge in [-0.15, -0.1) is 0 Å². The van der Waals surface area contributed by atoms with Crippen LogP contribution in [0.25, 0.3) is 12.2 Å². The van der Waals surface area contributed by atoms with Crippen LogP contribution in [-0.4, -0.2) is 34.7 Å². The molecule has 0 radical (unpaired) electrons. The van der Waals surface area contributed by atoms with Crippen molar-refractivity contribution in [1.29, 1.82) is 0 Å². The van der Waals surface area contributed by atoms with E-state index >= 15 is 0 Å². The molecule has 0 saturated heterocycles. The molecule has 30 heavy (non-hydrogen) atoms. The van der Waals surface area contributed by atoms with E-state index in [1.54, 1.807) is 42.7 Å². The lowest BCUT2D eigenvalue weighted by Crippen LogP contribution is -2.14. The Morgan fingerprint density at radius 3 is 2.07 bits per heavy atom. The summed E-state index contributed by atoms with van der Waals surface area (Å²) in [5.41, 5.74) is 1.89. The van der Waals surface area contributed by atoms with Crippen LogP contribution in [0.3, 0.4) is 0 Å². The van der Waals surface area contributed by atoms with Crippen molar-refractivity contribution >= 4 is 27.9 Å². The highest BCUT2D eigenvalue weighted by Gasteiger charge is 2.18. The molecule has 3 aromatic rings. The van der Waals surface area contributed by atoms with E-state index in [9.17, 15) is 8.42 Å². The first-order chi connectivity index (χ1) is 14.5. The monoisotopic (exact) mass is 426 g/mol. The zero-order valence-electron chi connectivity index (χ0n) is 16.8. The normalized spacial score (nSPS) is 11.3. The number of aromatic nitrogens is 1. The molecule has 1 N–H and O–H groups in total. The molecule has 2 aromatic carbocycles. The topological polar surface area (TPSA) is 86.8 Å². The number of anilines is 1. The van der Waals surface area contributed by atoms with Crippen molar-refractivity contribution in [2.45, 2.75) is 4.90 Å². The van der Waals surface area contributed by atoms with Crippen LogP contribution in [0.15, 0.2) is 65.8 Å². The number of pyridine rings is 1. The molecule has 0 unspecified atom stereocenters. The standard InChI is InChI=1S/C22H22N2O5S/c1-27-18-6-8-19(9-7-18)30(25,26)24-20-15-22(29-3)21(28-2)14-17(20)5-4-16-10-12-23-13-11-16/h4-15,24H,1-3H3/b5-4+. The van der Waals surface area contributed by atoms with Gasteiger partial charge in [0.1, 0.15) is 5.75 Å². The average molecular weight is 426 g/mol. The summed E-state index contributed by atoms with van der Waals surface area (Å²) in [6.45, 7) is 0. The molecule has 0 bridgehead atoms. The van der Waals surface area contributed by atoms with Gasteiger partial charge in [-0.25, -0.2) is 8.42 Å². The predicted octanol–water partition coefficient (Wildman–Crippen LogP) is 4.08. The summed E-state index contributed by atoms with van der Waals surface area (Å²) in [6.07, 6.45) is 7.01. The molecule has 1 heterocycles. The molecule has 0 amide bonds. The molecule has 0 fully saturated rings. The molecule has 156 valence electrons. The Hall–Kier alpha value is -3.52. The van der Waals surface area contributed by atoms with Crippen molar-refractivity contribution in [3.63, 3.8) is 0 Å². The molecular weight excluding hydrogens is 404 g/mol. The lowest BCUT2D eigenvalue weighted by Gasteiger charge is -2.15. The first-order valence-corrected chi connectivity index (χ1v) is 10.5. The number of sulfonamides is 1. The lowest BCUT2D eigenvalue weighted by molar-refractivity contribution is 0.355. The van der Waals surface area contributed by atoms with E-state index in [4.69, 9.17) is 14.2 Å². The van der Waals surface area contributed by atoms with Crippen molar-refractivity contribution in [1.82, 2.24) is 4.98 Å². The largest absolute Gasteiger partial charge is 0.497 e. The Bertz CT molecular complexity index is 1130. The molecule has 7 nitrogen and oxygen atoms in total. The average Bonchev–Trinajstić information content (AvgIpc) is 2.78. The van der Waals surface area contributed by atoms with Gasteiger partial charge in [0.15, 0.2) is 11.5 Å². The zero-order valence-corrected chi connectivity index (χ0v) is 17.6. The van der Waals surface area contributed by atoms with Crippen LogP contribution in [0.1, 0.15) is 11.1 Å². The number of benzene rings is 2. The molecule has 1 aromatic heterocycles. The molecule has 0 aliphatic rings. The number of methoxy groups -OCH3 is 3. The number of rotatable bonds is 8. The van der Waals surface area contributed by atoms with Gasteiger partial charge >= 0.3 is 0 Å². The SMILES string of the molecule is COc1ccc(S(=O)(=O)Nc2cc(OC)c(OC)cc2/C=C/c2ccncc2)cc1. The fourth-order valence-corrected chi connectivity index (χ4v) is 3.82. The number of ether oxygens (including phenoxy) is 3. The van der Waals surface area contributed by atoms with Crippen molar-refractivity contribution in [3.05, 3.63) is 72.1 Å². The van der Waals surface area contributed by atoms with Crippen LogP contribution in [0, 0.1) is 0 Å². The minimum atomic E-state index is -3.83. The summed E-state index contributed by atoms with van der Waals surface area (Å²) < 4.78 is 44.3. The maximum atomic E-state index is 12.9. The molecule has 0 aliphatic carbocycles. The quantitative estimate of drug-likeness (QED) is 0.584.